The average Bonchev–Trinajstić information content (AvgIpc) is 3.09. The van der Waals surface area contributed by atoms with E-state index in [1.165, 1.54) is 6.07 Å². The van der Waals surface area contributed by atoms with Crippen molar-refractivity contribution >= 4 is 11.6 Å². The van der Waals surface area contributed by atoms with E-state index >= 15 is 0 Å². The predicted octanol–water partition coefficient (Wildman–Crippen LogP) is 1.93. The lowest BCUT2D eigenvalue weighted by atomic mass is 10.2. The number of nitrogens with zero attached hydrogens (tertiary/aromatic N) is 4. The molecule has 2 heterocycles. The van der Waals surface area contributed by atoms with Gasteiger partial charge in [-0.15, -0.1) is 0 Å². The fourth-order valence-electron chi connectivity index (χ4n) is 2.76. The predicted molar refractivity (Wildman–Crippen MR) is 82.1 cm³/mol. The van der Waals surface area contributed by atoms with Gasteiger partial charge in [-0.1, -0.05) is 12.1 Å². The molecule has 0 unspecified atom stereocenters. The molecular weight excluding hydrogens is 283 g/mol. The van der Waals surface area contributed by atoms with Gasteiger partial charge in [0.1, 0.15) is 11.9 Å². The van der Waals surface area contributed by atoms with Gasteiger partial charge in [0.15, 0.2) is 0 Å². The fourth-order valence-corrected chi connectivity index (χ4v) is 2.76. The van der Waals surface area contributed by atoms with Crippen LogP contribution < -0.4 is 4.90 Å². The molecule has 1 aliphatic heterocycles. The maximum absolute atomic E-state index is 13.8. The Labute approximate surface area is 128 Å². The van der Waals surface area contributed by atoms with Crippen molar-refractivity contribution in [1.29, 1.82) is 0 Å². The number of rotatable bonds is 3. The minimum atomic E-state index is -0.310. The molecule has 0 radical (unpaired) electrons. The molecule has 1 saturated heterocycles. The Kier molecular flexibility index (Phi) is 4.09. The number of piperazine rings is 1. The van der Waals surface area contributed by atoms with Crippen LogP contribution in [0.15, 0.2) is 42.7 Å². The highest BCUT2D eigenvalue weighted by Gasteiger charge is 2.26. The number of benzene rings is 1. The number of para-hydroxylation sites is 1. The molecule has 0 aliphatic carbocycles. The smallest absolute Gasteiger partial charge is 0.247 e. The van der Waals surface area contributed by atoms with Crippen LogP contribution in [0.3, 0.4) is 0 Å². The zero-order valence-electron chi connectivity index (χ0n) is 12.5. The molecular formula is C16H19FN4O. The maximum Gasteiger partial charge on any atom is 0.247 e. The third-order valence-electron chi connectivity index (χ3n) is 4.06. The second-order valence-electron chi connectivity index (χ2n) is 5.43. The number of amides is 1. The molecule has 5 nitrogen and oxygen atoms in total. The van der Waals surface area contributed by atoms with E-state index < -0.39 is 0 Å². The highest BCUT2D eigenvalue weighted by Crippen LogP contribution is 2.21. The van der Waals surface area contributed by atoms with Gasteiger partial charge in [-0.25, -0.2) is 4.39 Å². The van der Waals surface area contributed by atoms with Crippen LogP contribution in [0.1, 0.15) is 13.0 Å². The van der Waals surface area contributed by atoms with E-state index in [1.54, 1.807) is 35.3 Å². The van der Waals surface area contributed by atoms with Crippen LogP contribution in [0, 0.1) is 5.82 Å². The van der Waals surface area contributed by atoms with E-state index in [0.717, 1.165) is 0 Å². The third-order valence-corrected chi connectivity index (χ3v) is 4.06. The molecule has 1 atom stereocenters. The Morgan fingerprint density at radius 3 is 2.55 bits per heavy atom. The summed E-state index contributed by atoms with van der Waals surface area (Å²) < 4.78 is 15.5. The fraction of sp³-hybridized carbons (Fsp3) is 0.375. The summed E-state index contributed by atoms with van der Waals surface area (Å²) in [5, 5.41) is 4.12. The van der Waals surface area contributed by atoms with Crippen molar-refractivity contribution in [2.75, 3.05) is 31.1 Å². The van der Waals surface area contributed by atoms with Crippen molar-refractivity contribution < 1.29 is 9.18 Å². The van der Waals surface area contributed by atoms with E-state index in [0.29, 0.717) is 31.9 Å². The van der Waals surface area contributed by atoms with Crippen LogP contribution in [0.2, 0.25) is 0 Å². The number of halogens is 1. The molecule has 1 aromatic carbocycles. The van der Waals surface area contributed by atoms with Crippen molar-refractivity contribution in [3.63, 3.8) is 0 Å². The third kappa shape index (κ3) is 2.81. The molecule has 2 aromatic rings. The van der Waals surface area contributed by atoms with Gasteiger partial charge < -0.3 is 9.80 Å². The second-order valence-corrected chi connectivity index (χ2v) is 5.43. The quantitative estimate of drug-likeness (QED) is 0.870. The highest BCUT2D eigenvalue weighted by molar-refractivity contribution is 5.80. The molecule has 1 aliphatic rings. The number of carbonyl (C=O) groups is 1. The molecule has 1 aromatic heterocycles. The van der Waals surface area contributed by atoms with Gasteiger partial charge in [0.05, 0.1) is 5.69 Å². The van der Waals surface area contributed by atoms with E-state index in [2.05, 4.69) is 5.10 Å². The lowest BCUT2D eigenvalue weighted by Crippen LogP contribution is -2.50. The van der Waals surface area contributed by atoms with Gasteiger partial charge >= 0.3 is 0 Å². The van der Waals surface area contributed by atoms with Gasteiger partial charge in [-0.3, -0.25) is 9.48 Å². The lowest BCUT2D eigenvalue weighted by molar-refractivity contribution is -0.134. The summed E-state index contributed by atoms with van der Waals surface area (Å²) in [6.45, 7) is 4.31. The minimum Gasteiger partial charge on any atom is -0.366 e. The molecule has 1 fully saturated rings. The first-order chi connectivity index (χ1) is 10.7. The average molecular weight is 302 g/mol. The summed E-state index contributed by atoms with van der Waals surface area (Å²) in [4.78, 5) is 16.3. The second kappa shape index (κ2) is 6.17. The number of hydrogen-bond acceptors (Lipinski definition) is 3. The Morgan fingerprint density at radius 2 is 1.91 bits per heavy atom. The van der Waals surface area contributed by atoms with Crippen LogP contribution in [0.25, 0.3) is 0 Å². The first-order valence-electron chi connectivity index (χ1n) is 7.44. The van der Waals surface area contributed by atoms with Crippen molar-refractivity contribution in [2.45, 2.75) is 13.0 Å². The zero-order chi connectivity index (χ0) is 15.5. The first kappa shape index (κ1) is 14.6. The molecule has 0 bridgehead atoms. The van der Waals surface area contributed by atoms with Crippen molar-refractivity contribution in [3.8, 4) is 0 Å². The van der Waals surface area contributed by atoms with Gasteiger partial charge in [-0.2, -0.15) is 5.10 Å². The largest absolute Gasteiger partial charge is 0.366 e. The summed E-state index contributed by atoms with van der Waals surface area (Å²) in [6.07, 6.45) is 3.46. The van der Waals surface area contributed by atoms with Crippen LogP contribution in [0.4, 0.5) is 10.1 Å². The number of aromatic nitrogens is 2. The maximum atomic E-state index is 13.8. The van der Waals surface area contributed by atoms with Crippen molar-refractivity contribution in [2.24, 2.45) is 0 Å². The molecule has 6 heteroatoms. The Balaban J connectivity index is 1.62. The van der Waals surface area contributed by atoms with Crippen molar-refractivity contribution in [3.05, 3.63) is 48.5 Å². The van der Waals surface area contributed by atoms with Crippen LogP contribution in [-0.4, -0.2) is 46.8 Å². The molecule has 0 spiro atoms. The molecule has 116 valence electrons. The number of anilines is 1. The molecule has 1 amide bonds. The summed E-state index contributed by atoms with van der Waals surface area (Å²) in [7, 11) is 0. The van der Waals surface area contributed by atoms with E-state index in [1.807, 2.05) is 22.8 Å². The first-order valence-corrected chi connectivity index (χ1v) is 7.44. The van der Waals surface area contributed by atoms with Crippen LogP contribution in [-0.2, 0) is 4.79 Å². The SMILES string of the molecule is C[C@@H](C(=O)N1CCN(c2ccccc2F)CC1)n1cccn1. The van der Waals surface area contributed by atoms with E-state index in [-0.39, 0.29) is 17.8 Å². The summed E-state index contributed by atoms with van der Waals surface area (Å²) in [6, 6.07) is 8.25. The topological polar surface area (TPSA) is 41.4 Å². The standard InChI is InChI=1S/C16H19FN4O/c1-13(21-8-4-7-18-21)16(22)20-11-9-19(10-12-20)15-6-3-2-5-14(15)17/h2-8,13H,9-12H2,1H3/t13-/m0/s1. The number of hydrogen-bond donors (Lipinski definition) is 0. The number of carbonyl (C=O) groups excluding carboxylic acids is 1. The Hall–Kier alpha value is -2.37. The molecule has 0 saturated carbocycles. The van der Waals surface area contributed by atoms with Gasteiger partial charge in [0.2, 0.25) is 5.91 Å². The van der Waals surface area contributed by atoms with Gasteiger partial charge in [0, 0.05) is 38.6 Å². The molecule has 0 N–H and O–H groups in total. The van der Waals surface area contributed by atoms with E-state index in [9.17, 15) is 9.18 Å². The van der Waals surface area contributed by atoms with Crippen molar-refractivity contribution in [1.82, 2.24) is 14.7 Å². The zero-order valence-corrected chi connectivity index (χ0v) is 12.5. The summed E-state index contributed by atoms with van der Waals surface area (Å²) in [5.74, 6) is -0.163. The normalized spacial score (nSPS) is 16.6. The van der Waals surface area contributed by atoms with E-state index in [4.69, 9.17) is 0 Å². The Bertz CT molecular complexity index is 635. The molecule has 3 rings (SSSR count). The summed E-state index contributed by atoms with van der Waals surface area (Å²) in [5.41, 5.74) is 0.606. The van der Waals surface area contributed by atoms with Gasteiger partial charge in [-0.05, 0) is 25.1 Å². The van der Waals surface area contributed by atoms with Crippen LogP contribution in [0.5, 0.6) is 0 Å². The highest BCUT2D eigenvalue weighted by atomic mass is 19.1. The molecule has 22 heavy (non-hydrogen) atoms. The lowest BCUT2D eigenvalue weighted by Gasteiger charge is -2.37. The Morgan fingerprint density at radius 1 is 1.18 bits per heavy atom. The minimum absolute atomic E-state index is 0.0527. The monoisotopic (exact) mass is 302 g/mol. The van der Waals surface area contributed by atoms with Crippen LogP contribution >= 0.6 is 0 Å². The van der Waals surface area contributed by atoms with Gasteiger partial charge in [0.25, 0.3) is 0 Å². The summed E-state index contributed by atoms with van der Waals surface area (Å²) >= 11 is 0.